The summed E-state index contributed by atoms with van der Waals surface area (Å²) in [7, 11) is 2.01. The molecule has 0 N–H and O–H groups in total. The molecule has 4 aromatic rings. The molecule has 0 atom stereocenters. The number of carbonyl (C=O) groups is 1. The van der Waals surface area contributed by atoms with Crippen LogP contribution in [0.5, 0.6) is 0 Å². The molecule has 6 heteroatoms. The number of halogens is 1. The zero-order valence-corrected chi connectivity index (χ0v) is 18.1. The molecule has 1 aliphatic rings. The van der Waals surface area contributed by atoms with Crippen molar-refractivity contribution in [1.29, 1.82) is 0 Å². The molecule has 0 aliphatic carbocycles. The van der Waals surface area contributed by atoms with E-state index in [1.54, 1.807) is 6.20 Å². The normalized spacial score (nSPS) is 14.3. The fourth-order valence-corrected chi connectivity index (χ4v) is 4.58. The van der Waals surface area contributed by atoms with E-state index in [9.17, 15) is 4.79 Å². The summed E-state index contributed by atoms with van der Waals surface area (Å²) in [5, 5.41) is 1.53. The first-order valence-electron chi connectivity index (χ1n) is 10.4. The Labute approximate surface area is 186 Å². The van der Waals surface area contributed by atoms with E-state index in [1.165, 1.54) is 0 Å². The van der Waals surface area contributed by atoms with Gasteiger partial charge in [-0.25, -0.2) is 4.98 Å². The summed E-state index contributed by atoms with van der Waals surface area (Å²) in [6.07, 6.45) is 1.80. The topological polar surface area (TPSA) is 41.4 Å². The number of hydrogen-bond donors (Lipinski definition) is 0. The molecule has 1 aliphatic heterocycles. The number of anilines is 1. The predicted molar refractivity (Wildman–Crippen MR) is 126 cm³/mol. The molecular formula is C25H23ClN4O. The monoisotopic (exact) mass is 430 g/mol. The molecule has 5 rings (SSSR count). The molecule has 0 unspecified atom stereocenters. The van der Waals surface area contributed by atoms with Crippen LogP contribution in [-0.4, -0.2) is 46.5 Å². The number of aromatic nitrogens is 2. The van der Waals surface area contributed by atoms with Gasteiger partial charge in [0.2, 0.25) is 0 Å². The molecule has 1 saturated heterocycles. The van der Waals surface area contributed by atoms with Gasteiger partial charge in [0.05, 0.1) is 11.3 Å². The maximum absolute atomic E-state index is 13.8. The Bertz CT molecular complexity index is 1230. The van der Waals surface area contributed by atoms with Gasteiger partial charge < -0.3 is 14.4 Å². The van der Waals surface area contributed by atoms with E-state index in [2.05, 4.69) is 14.5 Å². The number of amides is 1. The molecule has 0 spiro atoms. The summed E-state index contributed by atoms with van der Waals surface area (Å²) in [6.45, 7) is 2.82. The maximum Gasteiger partial charge on any atom is 0.256 e. The molecular weight excluding hydrogens is 408 g/mol. The second-order valence-electron chi connectivity index (χ2n) is 7.78. The molecule has 1 amide bonds. The molecule has 2 aromatic heterocycles. The Kier molecular flexibility index (Phi) is 5.12. The lowest BCUT2D eigenvalue weighted by Crippen LogP contribution is -2.49. The van der Waals surface area contributed by atoms with Gasteiger partial charge in [0, 0.05) is 55.3 Å². The highest BCUT2D eigenvalue weighted by molar-refractivity contribution is 6.31. The number of hydrogen-bond acceptors (Lipinski definition) is 3. The van der Waals surface area contributed by atoms with Crippen LogP contribution in [0.15, 0.2) is 72.9 Å². The van der Waals surface area contributed by atoms with Crippen LogP contribution in [0.2, 0.25) is 5.02 Å². The van der Waals surface area contributed by atoms with Crippen LogP contribution in [0, 0.1) is 0 Å². The average Bonchev–Trinajstić information content (AvgIpc) is 3.11. The van der Waals surface area contributed by atoms with E-state index in [1.807, 2.05) is 78.7 Å². The first-order chi connectivity index (χ1) is 15.1. The van der Waals surface area contributed by atoms with E-state index in [4.69, 9.17) is 11.6 Å². The van der Waals surface area contributed by atoms with Crippen molar-refractivity contribution in [3.8, 4) is 11.3 Å². The molecule has 0 saturated carbocycles. The quantitative estimate of drug-likeness (QED) is 0.466. The summed E-state index contributed by atoms with van der Waals surface area (Å²) in [5.41, 5.74) is 3.67. The summed E-state index contributed by atoms with van der Waals surface area (Å²) in [5.74, 6) is 1.00. The third kappa shape index (κ3) is 3.55. The van der Waals surface area contributed by atoms with E-state index in [0.717, 1.165) is 46.6 Å². The van der Waals surface area contributed by atoms with Gasteiger partial charge in [-0.05, 0) is 35.9 Å². The van der Waals surface area contributed by atoms with Crippen molar-refractivity contribution in [2.45, 2.75) is 0 Å². The third-order valence-corrected chi connectivity index (χ3v) is 6.20. The first-order valence-corrected chi connectivity index (χ1v) is 10.8. The van der Waals surface area contributed by atoms with Gasteiger partial charge in [0.1, 0.15) is 5.82 Å². The second-order valence-corrected chi connectivity index (χ2v) is 8.21. The Balaban J connectivity index is 1.52. The van der Waals surface area contributed by atoms with Crippen molar-refractivity contribution in [2.75, 3.05) is 31.1 Å². The molecule has 0 radical (unpaired) electrons. The zero-order valence-electron chi connectivity index (χ0n) is 17.3. The van der Waals surface area contributed by atoms with Crippen molar-refractivity contribution in [1.82, 2.24) is 14.5 Å². The van der Waals surface area contributed by atoms with Crippen LogP contribution in [0.3, 0.4) is 0 Å². The SMILES string of the molecule is Cn1c(-c2ccccc2)c(C(=O)N2CCN(c3ccccn3)CC2)c2cc(Cl)ccc21. The number of pyridine rings is 1. The molecule has 5 nitrogen and oxygen atoms in total. The van der Waals surface area contributed by atoms with Crippen molar-refractivity contribution in [3.05, 3.63) is 83.5 Å². The standard InChI is InChI=1S/C25H23ClN4O/c1-28-21-11-10-19(26)17-20(21)23(24(28)18-7-3-2-4-8-18)25(31)30-15-13-29(14-16-30)22-9-5-6-12-27-22/h2-12,17H,13-16H2,1H3. The number of nitrogens with zero attached hydrogens (tertiary/aromatic N) is 4. The van der Waals surface area contributed by atoms with Crippen LogP contribution in [0.4, 0.5) is 5.82 Å². The van der Waals surface area contributed by atoms with Crippen molar-refractivity contribution in [3.63, 3.8) is 0 Å². The van der Waals surface area contributed by atoms with Gasteiger partial charge in [-0.2, -0.15) is 0 Å². The van der Waals surface area contributed by atoms with Crippen LogP contribution < -0.4 is 4.90 Å². The largest absolute Gasteiger partial charge is 0.353 e. The van der Waals surface area contributed by atoms with Crippen LogP contribution in [0.1, 0.15) is 10.4 Å². The Morgan fingerprint density at radius 2 is 1.68 bits per heavy atom. The Morgan fingerprint density at radius 1 is 0.935 bits per heavy atom. The molecule has 1 fully saturated rings. The van der Waals surface area contributed by atoms with Crippen molar-refractivity contribution >= 4 is 34.2 Å². The molecule has 3 heterocycles. The fraction of sp³-hybridized carbons (Fsp3) is 0.200. The number of rotatable bonds is 3. The Morgan fingerprint density at radius 3 is 2.39 bits per heavy atom. The highest BCUT2D eigenvalue weighted by Gasteiger charge is 2.29. The summed E-state index contributed by atoms with van der Waals surface area (Å²) < 4.78 is 2.10. The summed E-state index contributed by atoms with van der Waals surface area (Å²) in [4.78, 5) is 22.4. The Hall–Kier alpha value is -3.31. The van der Waals surface area contributed by atoms with Crippen molar-refractivity contribution in [2.24, 2.45) is 7.05 Å². The minimum absolute atomic E-state index is 0.0485. The van der Waals surface area contributed by atoms with Gasteiger partial charge in [0.15, 0.2) is 0 Å². The molecule has 2 aromatic carbocycles. The van der Waals surface area contributed by atoms with E-state index in [0.29, 0.717) is 18.1 Å². The van der Waals surface area contributed by atoms with E-state index in [-0.39, 0.29) is 5.91 Å². The van der Waals surface area contributed by atoms with Gasteiger partial charge >= 0.3 is 0 Å². The van der Waals surface area contributed by atoms with Crippen LogP contribution in [-0.2, 0) is 7.05 Å². The minimum atomic E-state index is 0.0485. The lowest BCUT2D eigenvalue weighted by atomic mass is 10.0. The lowest BCUT2D eigenvalue weighted by molar-refractivity contribution is 0.0749. The van der Waals surface area contributed by atoms with Gasteiger partial charge in [-0.15, -0.1) is 0 Å². The number of benzene rings is 2. The van der Waals surface area contributed by atoms with Gasteiger partial charge in [0.25, 0.3) is 5.91 Å². The number of aryl methyl sites for hydroxylation is 1. The van der Waals surface area contributed by atoms with Crippen molar-refractivity contribution < 1.29 is 4.79 Å². The predicted octanol–water partition coefficient (Wildman–Crippen LogP) is 4.86. The van der Waals surface area contributed by atoms with E-state index < -0.39 is 0 Å². The van der Waals surface area contributed by atoms with Gasteiger partial charge in [-0.3, -0.25) is 4.79 Å². The van der Waals surface area contributed by atoms with Crippen LogP contribution >= 0.6 is 11.6 Å². The summed E-state index contributed by atoms with van der Waals surface area (Å²) >= 11 is 6.33. The van der Waals surface area contributed by atoms with E-state index >= 15 is 0 Å². The maximum atomic E-state index is 13.8. The average molecular weight is 431 g/mol. The van der Waals surface area contributed by atoms with Gasteiger partial charge in [-0.1, -0.05) is 48.0 Å². The number of fused-ring (bicyclic) bond motifs is 1. The smallest absolute Gasteiger partial charge is 0.256 e. The molecule has 156 valence electrons. The number of carbonyl (C=O) groups excluding carboxylic acids is 1. The summed E-state index contributed by atoms with van der Waals surface area (Å²) in [6, 6.07) is 21.8. The second kappa shape index (κ2) is 8.08. The minimum Gasteiger partial charge on any atom is -0.353 e. The first kappa shape index (κ1) is 19.6. The fourth-order valence-electron chi connectivity index (χ4n) is 4.40. The number of piperazine rings is 1. The third-order valence-electron chi connectivity index (χ3n) is 5.96. The molecule has 0 bridgehead atoms. The lowest BCUT2D eigenvalue weighted by Gasteiger charge is -2.35. The zero-order chi connectivity index (χ0) is 21.4. The highest BCUT2D eigenvalue weighted by atomic mass is 35.5. The highest BCUT2D eigenvalue weighted by Crippen LogP contribution is 2.35. The van der Waals surface area contributed by atoms with Crippen LogP contribution in [0.25, 0.3) is 22.2 Å². The molecule has 31 heavy (non-hydrogen) atoms.